The Hall–Kier alpha value is -5.38. The average molecular weight is 579 g/mol. The lowest BCUT2D eigenvalue weighted by atomic mass is 10.0. The molecule has 0 aliphatic carbocycles. The van der Waals surface area contributed by atoms with Crippen molar-refractivity contribution in [2.45, 2.75) is 6.42 Å². The summed E-state index contributed by atoms with van der Waals surface area (Å²) in [6.07, 6.45) is 0.967. The molecule has 0 bridgehead atoms. The average Bonchev–Trinajstić information content (AvgIpc) is 3.11. The van der Waals surface area contributed by atoms with Gasteiger partial charge in [0.25, 0.3) is 0 Å². The van der Waals surface area contributed by atoms with E-state index in [4.69, 9.17) is 9.97 Å². The quantitative estimate of drug-likeness (QED) is 0.211. The minimum Gasteiger partial charge on any atom is -0.228 e. The Kier molecular flexibility index (Phi) is 6.58. The van der Waals surface area contributed by atoms with E-state index in [1.165, 1.54) is 31.9 Å². The van der Waals surface area contributed by atoms with Crippen molar-refractivity contribution in [1.82, 2.24) is 9.97 Å². The Balaban J connectivity index is 1.32. The predicted octanol–water partition coefficient (Wildman–Crippen LogP) is 6.76. The Morgan fingerprint density at radius 2 is 0.818 bits per heavy atom. The van der Waals surface area contributed by atoms with Gasteiger partial charge in [-0.05, 0) is 44.4 Å². The molecule has 0 radical (unpaired) electrons. The number of aromatic nitrogens is 2. The molecule has 0 saturated heterocycles. The summed E-state index contributed by atoms with van der Waals surface area (Å²) in [7, 11) is -2.57. The van der Waals surface area contributed by atoms with Crippen LogP contribution in [-0.2, 0) is 6.42 Å². The second-order valence-electron chi connectivity index (χ2n) is 11.4. The van der Waals surface area contributed by atoms with Gasteiger partial charge in [-0.3, -0.25) is 0 Å². The first-order valence-corrected chi connectivity index (χ1v) is 17.1. The highest BCUT2D eigenvalue weighted by molar-refractivity contribution is 7.20. The monoisotopic (exact) mass is 578 g/mol. The normalized spacial score (nSPS) is 13.1. The van der Waals surface area contributed by atoms with Gasteiger partial charge in [0.1, 0.15) is 0 Å². The molecule has 3 heteroatoms. The lowest BCUT2D eigenvalue weighted by Gasteiger charge is -2.40. The molecule has 208 valence electrons. The fourth-order valence-electron chi connectivity index (χ4n) is 6.87. The first kappa shape index (κ1) is 26.3. The number of fused-ring (bicyclic) bond motifs is 2. The van der Waals surface area contributed by atoms with Crippen LogP contribution in [0.5, 0.6) is 0 Å². The van der Waals surface area contributed by atoms with Crippen LogP contribution in [0.25, 0.3) is 33.9 Å². The maximum atomic E-state index is 5.09. The van der Waals surface area contributed by atoms with E-state index in [0.717, 1.165) is 40.3 Å². The van der Waals surface area contributed by atoms with Crippen LogP contribution in [0, 0.1) is 0 Å². The Bertz CT molecular complexity index is 1970. The Morgan fingerprint density at radius 1 is 0.386 bits per heavy atom. The van der Waals surface area contributed by atoms with Gasteiger partial charge in [-0.1, -0.05) is 164 Å². The highest BCUT2D eigenvalue weighted by Crippen LogP contribution is 2.28. The van der Waals surface area contributed by atoms with Gasteiger partial charge in [0.2, 0.25) is 0 Å². The molecule has 2 heterocycles. The topological polar surface area (TPSA) is 25.8 Å². The molecular weight excluding hydrogens is 549 g/mol. The third-order valence-corrected chi connectivity index (χ3v) is 13.9. The van der Waals surface area contributed by atoms with Crippen LogP contribution in [0.4, 0.5) is 0 Å². The molecule has 7 aromatic rings. The van der Waals surface area contributed by atoms with Crippen molar-refractivity contribution in [3.05, 3.63) is 181 Å². The second-order valence-corrected chi connectivity index (χ2v) is 15.1. The molecule has 1 aromatic heterocycles. The summed E-state index contributed by atoms with van der Waals surface area (Å²) in [5.41, 5.74) is 7.87. The van der Waals surface area contributed by atoms with Crippen LogP contribution in [0.1, 0.15) is 11.1 Å². The van der Waals surface area contributed by atoms with E-state index in [1.54, 1.807) is 0 Å². The van der Waals surface area contributed by atoms with E-state index < -0.39 is 8.07 Å². The van der Waals surface area contributed by atoms with Crippen LogP contribution < -0.4 is 20.7 Å². The molecule has 0 fully saturated rings. The summed E-state index contributed by atoms with van der Waals surface area (Å²) < 4.78 is 0. The molecule has 0 saturated carbocycles. The van der Waals surface area contributed by atoms with Crippen molar-refractivity contribution in [3.63, 3.8) is 0 Å². The Morgan fingerprint density at radius 3 is 1.34 bits per heavy atom. The van der Waals surface area contributed by atoms with Crippen LogP contribution in [-0.4, -0.2) is 18.0 Å². The van der Waals surface area contributed by atoms with Gasteiger partial charge in [0.15, 0.2) is 13.9 Å². The smallest absolute Gasteiger partial charge is 0.180 e. The van der Waals surface area contributed by atoms with Crippen molar-refractivity contribution in [2.75, 3.05) is 0 Å². The summed E-state index contributed by atoms with van der Waals surface area (Å²) in [6.45, 7) is 0. The van der Waals surface area contributed by atoms with Crippen LogP contribution in [0.3, 0.4) is 0 Å². The lowest BCUT2D eigenvalue weighted by molar-refractivity contribution is 1.18. The van der Waals surface area contributed by atoms with Gasteiger partial charge in [0, 0.05) is 16.7 Å². The van der Waals surface area contributed by atoms with Gasteiger partial charge >= 0.3 is 0 Å². The van der Waals surface area contributed by atoms with Crippen LogP contribution in [0.2, 0.25) is 0 Å². The molecular formula is C41H30N2Si. The predicted molar refractivity (Wildman–Crippen MR) is 185 cm³/mol. The van der Waals surface area contributed by atoms with Crippen molar-refractivity contribution >= 4 is 28.8 Å². The number of hydrogen-bond acceptors (Lipinski definition) is 2. The first-order valence-electron chi connectivity index (χ1n) is 15.1. The fraction of sp³-hybridized carbons (Fsp3) is 0.0244. The fourth-order valence-corrected chi connectivity index (χ4v) is 12.1. The van der Waals surface area contributed by atoms with Gasteiger partial charge in [-0.25, -0.2) is 9.97 Å². The first-order chi connectivity index (χ1) is 21.8. The minimum absolute atomic E-state index is 0.733. The number of benzene rings is 6. The molecule has 2 nitrogen and oxygen atoms in total. The van der Waals surface area contributed by atoms with E-state index in [9.17, 15) is 0 Å². The molecule has 0 spiro atoms. The molecule has 0 N–H and O–H groups in total. The van der Waals surface area contributed by atoms with E-state index in [2.05, 4.69) is 158 Å². The summed E-state index contributed by atoms with van der Waals surface area (Å²) in [4.78, 5) is 10.2. The van der Waals surface area contributed by atoms with Crippen LogP contribution in [0.15, 0.2) is 170 Å². The molecule has 0 unspecified atom stereocenters. The van der Waals surface area contributed by atoms with Gasteiger partial charge < -0.3 is 0 Å². The third kappa shape index (κ3) is 4.41. The lowest BCUT2D eigenvalue weighted by Crippen LogP contribution is -2.77. The molecule has 1 aliphatic heterocycles. The van der Waals surface area contributed by atoms with Gasteiger partial charge in [-0.15, -0.1) is 0 Å². The molecule has 6 aromatic carbocycles. The van der Waals surface area contributed by atoms with Crippen molar-refractivity contribution in [2.24, 2.45) is 0 Å². The highest BCUT2D eigenvalue weighted by Gasteiger charge is 2.46. The number of nitrogens with zero attached hydrogens (tertiary/aromatic N) is 2. The van der Waals surface area contributed by atoms with E-state index in [1.807, 2.05) is 12.1 Å². The van der Waals surface area contributed by atoms with Gasteiger partial charge in [0.05, 0.1) is 11.4 Å². The molecule has 8 rings (SSSR count). The zero-order chi connectivity index (χ0) is 29.3. The summed E-state index contributed by atoms with van der Waals surface area (Å²) in [5, 5.41) is 5.73. The number of hydrogen-bond donors (Lipinski definition) is 0. The van der Waals surface area contributed by atoms with E-state index in [-0.39, 0.29) is 0 Å². The zero-order valence-electron chi connectivity index (χ0n) is 24.3. The molecule has 0 amide bonds. The summed E-state index contributed by atoms with van der Waals surface area (Å²) in [6, 6.07) is 61.3. The second kappa shape index (κ2) is 11.0. The molecule has 1 aliphatic rings. The largest absolute Gasteiger partial charge is 0.228 e. The molecule has 0 atom stereocenters. The zero-order valence-corrected chi connectivity index (χ0v) is 25.3. The molecule has 44 heavy (non-hydrogen) atoms. The highest BCUT2D eigenvalue weighted by atomic mass is 28.3. The van der Waals surface area contributed by atoms with E-state index >= 15 is 0 Å². The van der Waals surface area contributed by atoms with E-state index in [0.29, 0.717) is 0 Å². The SMILES string of the molecule is c1ccc(-c2cc(-c3ccccc3)nc(-c3ccc([Si]4(c5ccccc5)c5ccccc5Cc5ccccc54)cc3)n2)cc1. The van der Waals surface area contributed by atoms with Gasteiger partial charge in [-0.2, -0.15) is 0 Å². The maximum Gasteiger partial charge on any atom is 0.180 e. The third-order valence-electron chi connectivity index (χ3n) is 8.87. The summed E-state index contributed by atoms with van der Waals surface area (Å²) >= 11 is 0. The van der Waals surface area contributed by atoms with Crippen molar-refractivity contribution < 1.29 is 0 Å². The minimum atomic E-state index is -2.57. The summed E-state index contributed by atoms with van der Waals surface area (Å²) in [5.74, 6) is 0.733. The Labute approximate surface area is 259 Å². The standard InChI is InChI=1S/C41H30N2Si/c1-4-14-30(15-5-1)37-29-38(31-16-6-2-7-17-31)43-41(42-37)32-24-26-36(27-25-32)44(35-20-8-3-9-21-35)39-22-12-10-18-33(39)28-34-19-11-13-23-40(34)44/h1-27,29H,28H2. The van der Waals surface area contributed by atoms with Crippen LogP contribution >= 0.6 is 0 Å². The number of rotatable bonds is 5. The maximum absolute atomic E-state index is 5.09. The van der Waals surface area contributed by atoms with Crippen molar-refractivity contribution in [1.29, 1.82) is 0 Å². The van der Waals surface area contributed by atoms with Crippen molar-refractivity contribution in [3.8, 4) is 33.9 Å².